The molecule has 2 aliphatic heterocycles. The van der Waals surface area contributed by atoms with Gasteiger partial charge < -0.3 is 79.5 Å². The Bertz CT molecular complexity index is 4140. The number of piperidine rings is 2. The summed E-state index contributed by atoms with van der Waals surface area (Å²) in [7, 11) is 3.44. The minimum Gasteiger partial charge on any atom is -0.497 e. The van der Waals surface area contributed by atoms with E-state index in [1.54, 1.807) is 14.2 Å². The van der Waals surface area contributed by atoms with Gasteiger partial charge in [-0.05, 0) is 169 Å². The third-order valence-electron chi connectivity index (χ3n) is 16.9. The zero-order chi connectivity index (χ0) is 75.8. The van der Waals surface area contributed by atoms with E-state index in [1.807, 2.05) is 0 Å². The van der Waals surface area contributed by atoms with Crippen molar-refractivity contribution in [3.8, 4) is 11.5 Å². The highest BCUT2D eigenvalue weighted by atomic mass is 16.5. The predicted molar refractivity (Wildman–Crippen MR) is 381 cm³/mol. The van der Waals surface area contributed by atoms with Gasteiger partial charge in [-0.3, -0.25) is 0 Å². The zero-order valence-corrected chi connectivity index (χ0v) is 56.8. The minimum atomic E-state index is -1.82. The summed E-state index contributed by atoms with van der Waals surface area (Å²) >= 11 is 0. The predicted octanol–water partition coefficient (Wildman–Crippen LogP) is 9.27. The van der Waals surface area contributed by atoms with E-state index < -0.39 is 59.7 Å². The number of ether oxygens (including phenoxy) is 2. The Kier molecular flexibility index (Phi) is 31.4. The number of rotatable bonds is 16. The number of imidazole rings is 2. The fourth-order valence-corrected chi connectivity index (χ4v) is 11.6. The fraction of sp³-hybridized carbons (Fsp3) is 0.263. The Balaban J connectivity index is 0.000000235. The summed E-state index contributed by atoms with van der Waals surface area (Å²) in [6.45, 7) is 8.65. The summed E-state index contributed by atoms with van der Waals surface area (Å²) in [5.41, 5.74) is 10.2. The molecule has 8 aromatic carbocycles. The number of carboxylic acid groups (broad SMARTS) is 10. The van der Waals surface area contributed by atoms with E-state index in [4.69, 9.17) is 118 Å². The van der Waals surface area contributed by atoms with Gasteiger partial charge in [0.1, 0.15) is 23.1 Å². The molecule has 2 saturated heterocycles. The second-order valence-corrected chi connectivity index (χ2v) is 23.7. The summed E-state index contributed by atoms with van der Waals surface area (Å²) in [5, 5.41) is 79.2. The fourth-order valence-electron chi connectivity index (χ4n) is 11.6. The van der Waals surface area contributed by atoms with Crippen LogP contribution in [-0.2, 0) is 86.7 Å². The number of hydrogen-bond acceptors (Lipinski definition) is 16. The van der Waals surface area contributed by atoms with Crippen LogP contribution in [0.2, 0.25) is 0 Å². The lowest BCUT2D eigenvalue weighted by molar-refractivity contribution is -0.159. The number of aliphatic carboxylic acids is 10. The van der Waals surface area contributed by atoms with Gasteiger partial charge in [0, 0.05) is 39.0 Å². The van der Waals surface area contributed by atoms with Crippen LogP contribution in [0.1, 0.15) is 59.6 Å². The van der Waals surface area contributed by atoms with Crippen LogP contribution in [0.25, 0.3) is 43.6 Å². The van der Waals surface area contributed by atoms with Crippen molar-refractivity contribution < 1.29 is 108 Å². The lowest BCUT2D eigenvalue weighted by Gasteiger charge is -2.32. The van der Waals surface area contributed by atoms with Crippen molar-refractivity contribution in [2.45, 2.75) is 64.5 Å². The van der Waals surface area contributed by atoms with Gasteiger partial charge in [-0.25, -0.2) is 57.9 Å². The smallest absolute Gasteiger partial charge is 0.414 e. The summed E-state index contributed by atoms with van der Waals surface area (Å²) in [6.07, 6.45) is 9.23. The first kappa shape index (κ1) is 80.4. The molecule has 0 spiro atoms. The van der Waals surface area contributed by atoms with Crippen LogP contribution in [0, 0.1) is 11.8 Å². The SMILES string of the molecule is COc1ccc(CCN2CCC(Cc3nc4ccccc4n3Cc3cccc4ccccc34)CC2)cc1.COc1ccc(CCN2CCC(Cc3nc4ccccc4n3Cc3cccc4ccccc34)CC2)cc1.O=C(O)C(=O)O.O=C(O)C(=O)O.O=C(O)C(=O)O.O=C(O)C(=O)O.O=C(O)C(=O)O. The van der Waals surface area contributed by atoms with Gasteiger partial charge in [-0.15, -0.1) is 0 Å². The first-order chi connectivity index (χ1) is 49.7. The van der Waals surface area contributed by atoms with Crippen molar-refractivity contribution >= 4 is 103 Å². The molecule has 10 aromatic rings. The number of carboxylic acids is 10. The number of likely N-dealkylation sites (tertiary alicyclic amines) is 2. The number of para-hydroxylation sites is 4. The van der Waals surface area contributed by atoms with E-state index in [2.05, 4.69) is 201 Å². The summed E-state index contributed by atoms with van der Waals surface area (Å²) in [6, 6.07) is 64.9. The minimum absolute atomic E-state index is 0.681. The van der Waals surface area contributed by atoms with E-state index in [-0.39, 0.29) is 0 Å². The molecule has 0 saturated carbocycles. The monoisotopic (exact) mass is 1430 g/mol. The van der Waals surface area contributed by atoms with Crippen molar-refractivity contribution in [2.24, 2.45) is 11.8 Å². The lowest BCUT2D eigenvalue weighted by Crippen LogP contribution is -2.36. The normalized spacial score (nSPS) is 12.8. The van der Waals surface area contributed by atoms with Gasteiger partial charge in [0.15, 0.2) is 0 Å². The number of carbonyl (C=O) groups is 10. The van der Waals surface area contributed by atoms with E-state index >= 15 is 0 Å². The molecule has 28 heteroatoms. The van der Waals surface area contributed by atoms with Gasteiger partial charge in [0.25, 0.3) is 0 Å². The molecule has 2 aromatic heterocycles. The maximum atomic E-state index is 9.10. The van der Waals surface area contributed by atoms with Gasteiger partial charge in [0.05, 0.1) is 36.3 Å². The van der Waals surface area contributed by atoms with Crippen LogP contribution in [-0.4, -0.2) is 193 Å². The van der Waals surface area contributed by atoms with Gasteiger partial charge >= 0.3 is 59.7 Å². The third-order valence-corrected chi connectivity index (χ3v) is 16.9. The second kappa shape index (κ2) is 40.6. The summed E-state index contributed by atoms with van der Waals surface area (Å²) in [5.74, 6) is -12.6. The average Bonchev–Trinajstić information content (AvgIpc) is 1.63. The molecular formula is C76H80N6O22. The topological polar surface area (TPSA) is 434 Å². The molecule has 4 heterocycles. The molecule has 104 heavy (non-hydrogen) atoms. The molecule has 0 bridgehead atoms. The van der Waals surface area contributed by atoms with Crippen LogP contribution >= 0.6 is 0 Å². The molecule has 0 amide bonds. The Morgan fingerprint density at radius 3 is 0.933 bits per heavy atom. The largest absolute Gasteiger partial charge is 0.497 e. The number of benzene rings is 8. The van der Waals surface area contributed by atoms with Crippen molar-refractivity contribution in [1.29, 1.82) is 0 Å². The molecule has 28 nitrogen and oxygen atoms in total. The second-order valence-electron chi connectivity index (χ2n) is 23.7. The molecular weight excluding hydrogens is 1350 g/mol. The van der Waals surface area contributed by atoms with E-state index in [9.17, 15) is 0 Å². The van der Waals surface area contributed by atoms with Crippen LogP contribution in [0.4, 0.5) is 0 Å². The molecule has 0 atom stereocenters. The Morgan fingerprint density at radius 1 is 0.356 bits per heavy atom. The quantitative estimate of drug-likeness (QED) is 0.0403. The van der Waals surface area contributed by atoms with Crippen LogP contribution in [0.5, 0.6) is 11.5 Å². The Morgan fingerprint density at radius 2 is 0.635 bits per heavy atom. The molecule has 546 valence electrons. The number of methoxy groups -OCH3 is 2. The maximum Gasteiger partial charge on any atom is 0.414 e. The van der Waals surface area contributed by atoms with Crippen molar-refractivity contribution in [3.05, 3.63) is 216 Å². The number of fused-ring (bicyclic) bond motifs is 4. The van der Waals surface area contributed by atoms with Gasteiger partial charge in [-0.1, -0.05) is 133 Å². The molecule has 0 aliphatic carbocycles. The molecule has 12 rings (SSSR count). The zero-order valence-electron chi connectivity index (χ0n) is 56.8. The molecule has 2 fully saturated rings. The van der Waals surface area contributed by atoms with Crippen molar-refractivity contribution in [2.75, 3.05) is 53.5 Å². The third kappa shape index (κ3) is 25.6. The van der Waals surface area contributed by atoms with Crippen molar-refractivity contribution in [1.82, 2.24) is 28.9 Å². The molecule has 0 unspecified atom stereocenters. The Hall–Kier alpha value is -12.6. The number of aromatic nitrogens is 4. The van der Waals surface area contributed by atoms with Crippen LogP contribution < -0.4 is 9.47 Å². The van der Waals surface area contributed by atoms with Gasteiger partial charge in [-0.2, -0.15) is 0 Å². The first-order valence-electron chi connectivity index (χ1n) is 32.6. The number of hydrogen-bond donors (Lipinski definition) is 10. The molecule has 2 aliphatic rings. The lowest BCUT2D eigenvalue weighted by atomic mass is 9.93. The summed E-state index contributed by atoms with van der Waals surface area (Å²) < 4.78 is 15.5. The van der Waals surface area contributed by atoms with Gasteiger partial charge in [0.2, 0.25) is 0 Å². The average molecular weight is 1430 g/mol. The molecule has 0 radical (unpaired) electrons. The van der Waals surface area contributed by atoms with Crippen molar-refractivity contribution in [3.63, 3.8) is 0 Å². The van der Waals surface area contributed by atoms with E-state index in [0.717, 1.165) is 74.4 Å². The number of nitrogens with zero attached hydrogens (tertiary/aromatic N) is 6. The van der Waals surface area contributed by atoms with E-state index in [1.165, 1.54) is 118 Å². The van der Waals surface area contributed by atoms with Crippen LogP contribution in [0.3, 0.4) is 0 Å². The van der Waals surface area contributed by atoms with E-state index in [0.29, 0.717) is 11.8 Å². The summed E-state index contributed by atoms with van der Waals surface area (Å²) in [4.78, 5) is 107. The highest BCUT2D eigenvalue weighted by Gasteiger charge is 2.25. The highest BCUT2D eigenvalue weighted by Crippen LogP contribution is 2.30. The first-order valence-corrected chi connectivity index (χ1v) is 32.6. The molecule has 10 N–H and O–H groups in total. The Labute approximate surface area is 595 Å². The standard InChI is InChI=1S/2C33H35N3O.5C2H2O4/c2*1-37-29-15-13-25(14-16-29)17-20-35-21-18-26(19-22-35)23-33-34-31-11-4-5-12-32(31)36(33)24-28-9-6-8-27-7-2-3-10-30(27)28;5*3-1(4)2(5)6/h2*2-16,26H,17-24H2,1H3;5*(H,3,4)(H,5,6). The maximum absolute atomic E-state index is 9.10. The van der Waals surface area contributed by atoms with Crippen LogP contribution in [0.15, 0.2) is 182 Å². The highest BCUT2D eigenvalue weighted by molar-refractivity contribution is 6.29.